The third-order valence-corrected chi connectivity index (χ3v) is 4.05. The van der Waals surface area contributed by atoms with Crippen molar-refractivity contribution in [1.82, 2.24) is 10.2 Å². The number of ketones is 1. The maximum absolute atomic E-state index is 12.2. The van der Waals surface area contributed by atoms with E-state index in [-0.39, 0.29) is 30.7 Å². The average Bonchev–Trinajstić information content (AvgIpc) is 2.87. The molecule has 4 amide bonds. The van der Waals surface area contributed by atoms with Crippen molar-refractivity contribution in [2.24, 2.45) is 0 Å². The zero-order valence-electron chi connectivity index (χ0n) is 14.1. The number of rotatable bonds is 5. The second-order valence-corrected chi connectivity index (χ2v) is 5.82. The Morgan fingerprint density at radius 2 is 1.50 bits per heavy atom. The lowest BCUT2D eigenvalue weighted by Crippen LogP contribution is -2.39. The van der Waals surface area contributed by atoms with Gasteiger partial charge in [-0.3, -0.25) is 19.3 Å². The van der Waals surface area contributed by atoms with Crippen molar-refractivity contribution in [1.29, 1.82) is 0 Å². The number of imide groups is 1. The predicted octanol–water partition coefficient (Wildman–Crippen LogP) is 2.31. The number of nitrogens with zero attached hydrogens (tertiary/aromatic N) is 1. The maximum Gasteiger partial charge on any atom is 0.319 e. The van der Waals surface area contributed by atoms with Gasteiger partial charge in [-0.2, -0.15) is 0 Å². The standard InChI is InChI=1S/C19H17N3O4/c1-12(23)13-6-8-14(9-7-13)21-19(26)20-10-11-22-17(24)15-4-2-3-5-16(15)18(22)25/h2-9H,10-11H2,1H3,(H2,20,21,26). The fourth-order valence-electron chi connectivity index (χ4n) is 2.69. The fraction of sp³-hybridized carbons (Fsp3) is 0.158. The molecule has 0 radical (unpaired) electrons. The molecule has 2 N–H and O–H groups in total. The highest BCUT2D eigenvalue weighted by Crippen LogP contribution is 2.21. The highest BCUT2D eigenvalue weighted by molar-refractivity contribution is 6.21. The monoisotopic (exact) mass is 351 g/mol. The van der Waals surface area contributed by atoms with Crippen molar-refractivity contribution in [3.05, 3.63) is 65.2 Å². The Kier molecular flexibility index (Phi) is 4.79. The molecule has 7 nitrogen and oxygen atoms in total. The summed E-state index contributed by atoms with van der Waals surface area (Å²) < 4.78 is 0. The van der Waals surface area contributed by atoms with Crippen LogP contribution in [0.5, 0.6) is 0 Å². The zero-order chi connectivity index (χ0) is 18.7. The molecule has 0 aromatic heterocycles. The van der Waals surface area contributed by atoms with Gasteiger partial charge in [-0.1, -0.05) is 12.1 Å². The molecule has 0 saturated heterocycles. The van der Waals surface area contributed by atoms with Crippen molar-refractivity contribution in [3.8, 4) is 0 Å². The molecular weight excluding hydrogens is 334 g/mol. The molecule has 0 atom stereocenters. The van der Waals surface area contributed by atoms with Crippen LogP contribution < -0.4 is 10.6 Å². The third kappa shape index (κ3) is 3.46. The van der Waals surface area contributed by atoms with E-state index in [0.29, 0.717) is 22.4 Å². The molecule has 1 aliphatic heterocycles. The number of urea groups is 1. The quantitative estimate of drug-likeness (QED) is 0.638. The molecule has 2 aromatic rings. The third-order valence-electron chi connectivity index (χ3n) is 4.05. The fourth-order valence-corrected chi connectivity index (χ4v) is 2.69. The van der Waals surface area contributed by atoms with Crippen LogP contribution in [-0.4, -0.2) is 41.6 Å². The summed E-state index contributed by atoms with van der Waals surface area (Å²) in [5, 5.41) is 5.22. The summed E-state index contributed by atoms with van der Waals surface area (Å²) in [6, 6.07) is 12.7. The first kappa shape index (κ1) is 17.3. The van der Waals surface area contributed by atoms with Crippen LogP contribution in [0.3, 0.4) is 0 Å². The van der Waals surface area contributed by atoms with E-state index < -0.39 is 6.03 Å². The number of nitrogens with one attached hydrogen (secondary N) is 2. The minimum absolute atomic E-state index is 0.0538. The second kappa shape index (κ2) is 7.18. The van der Waals surface area contributed by atoms with Crippen LogP contribution in [0.25, 0.3) is 0 Å². The first-order valence-electron chi connectivity index (χ1n) is 8.08. The van der Waals surface area contributed by atoms with E-state index in [2.05, 4.69) is 10.6 Å². The van der Waals surface area contributed by atoms with Gasteiger partial charge in [0.1, 0.15) is 0 Å². The molecule has 26 heavy (non-hydrogen) atoms. The van der Waals surface area contributed by atoms with E-state index in [9.17, 15) is 19.2 Å². The van der Waals surface area contributed by atoms with Gasteiger partial charge in [-0.25, -0.2) is 4.79 Å². The molecule has 132 valence electrons. The van der Waals surface area contributed by atoms with Crippen molar-refractivity contribution >= 4 is 29.3 Å². The minimum Gasteiger partial charge on any atom is -0.336 e. The average molecular weight is 351 g/mol. The maximum atomic E-state index is 12.2. The van der Waals surface area contributed by atoms with Gasteiger partial charge >= 0.3 is 6.03 Å². The number of carbonyl (C=O) groups is 4. The van der Waals surface area contributed by atoms with E-state index in [0.717, 1.165) is 4.90 Å². The Morgan fingerprint density at radius 1 is 0.923 bits per heavy atom. The molecule has 0 fully saturated rings. The number of benzene rings is 2. The van der Waals surface area contributed by atoms with Gasteiger partial charge in [0.05, 0.1) is 11.1 Å². The van der Waals surface area contributed by atoms with E-state index in [4.69, 9.17) is 0 Å². The highest BCUT2D eigenvalue weighted by atomic mass is 16.2. The normalized spacial score (nSPS) is 12.7. The van der Waals surface area contributed by atoms with E-state index in [1.54, 1.807) is 48.5 Å². The number of amides is 4. The molecule has 0 aliphatic carbocycles. The molecule has 0 spiro atoms. The van der Waals surface area contributed by atoms with Crippen molar-refractivity contribution in [2.45, 2.75) is 6.92 Å². The summed E-state index contributed by atoms with van der Waals surface area (Å²) in [6.45, 7) is 1.68. The molecule has 0 bridgehead atoms. The SMILES string of the molecule is CC(=O)c1ccc(NC(=O)NCCN2C(=O)c3ccccc3C2=O)cc1. The van der Waals surface area contributed by atoms with Crippen LogP contribution >= 0.6 is 0 Å². The Labute approximate surface area is 150 Å². The van der Waals surface area contributed by atoms with Crippen LogP contribution in [0.15, 0.2) is 48.5 Å². The number of fused-ring (bicyclic) bond motifs is 1. The molecule has 7 heteroatoms. The predicted molar refractivity (Wildman–Crippen MR) is 95.3 cm³/mol. The lowest BCUT2D eigenvalue weighted by Gasteiger charge is -2.14. The topological polar surface area (TPSA) is 95.6 Å². The molecule has 1 heterocycles. The molecule has 3 rings (SSSR count). The van der Waals surface area contributed by atoms with Crippen LogP contribution in [0.2, 0.25) is 0 Å². The first-order chi connectivity index (χ1) is 12.5. The number of Topliss-reactive ketones (excluding diaryl/α,β-unsaturated/α-hetero) is 1. The number of hydrogen-bond acceptors (Lipinski definition) is 4. The molecule has 0 saturated carbocycles. The van der Waals surface area contributed by atoms with Gasteiger partial charge in [-0.05, 0) is 43.3 Å². The second-order valence-electron chi connectivity index (χ2n) is 5.82. The van der Waals surface area contributed by atoms with Gasteiger partial charge in [0.2, 0.25) is 0 Å². The van der Waals surface area contributed by atoms with E-state index >= 15 is 0 Å². The Hall–Kier alpha value is -3.48. The molecule has 1 aliphatic rings. The van der Waals surface area contributed by atoms with Gasteiger partial charge in [0.15, 0.2) is 5.78 Å². The zero-order valence-corrected chi connectivity index (χ0v) is 14.1. The summed E-state index contributed by atoms with van der Waals surface area (Å²) in [7, 11) is 0. The van der Waals surface area contributed by atoms with Crippen molar-refractivity contribution in [3.63, 3.8) is 0 Å². The van der Waals surface area contributed by atoms with Gasteiger partial charge in [0, 0.05) is 24.3 Å². The van der Waals surface area contributed by atoms with Crippen molar-refractivity contribution in [2.75, 3.05) is 18.4 Å². The summed E-state index contributed by atoms with van der Waals surface area (Å²) in [6.07, 6.45) is 0. The van der Waals surface area contributed by atoms with Crippen LogP contribution in [-0.2, 0) is 0 Å². The smallest absolute Gasteiger partial charge is 0.319 e. The lowest BCUT2D eigenvalue weighted by atomic mass is 10.1. The Morgan fingerprint density at radius 3 is 2.04 bits per heavy atom. The number of hydrogen-bond donors (Lipinski definition) is 2. The summed E-state index contributed by atoms with van der Waals surface area (Å²) in [5.74, 6) is -0.762. The van der Waals surface area contributed by atoms with Crippen LogP contribution in [0.4, 0.5) is 10.5 Å². The lowest BCUT2D eigenvalue weighted by molar-refractivity contribution is 0.0656. The molecule has 0 unspecified atom stereocenters. The summed E-state index contributed by atoms with van der Waals surface area (Å²) >= 11 is 0. The van der Waals surface area contributed by atoms with Gasteiger partial charge in [0.25, 0.3) is 11.8 Å². The molecular formula is C19H17N3O4. The van der Waals surface area contributed by atoms with Crippen LogP contribution in [0.1, 0.15) is 38.0 Å². The van der Waals surface area contributed by atoms with E-state index in [1.165, 1.54) is 6.92 Å². The minimum atomic E-state index is -0.461. The Balaban J connectivity index is 1.51. The van der Waals surface area contributed by atoms with Gasteiger partial charge < -0.3 is 10.6 Å². The van der Waals surface area contributed by atoms with Gasteiger partial charge in [-0.15, -0.1) is 0 Å². The molecule has 2 aromatic carbocycles. The summed E-state index contributed by atoms with van der Waals surface area (Å²) in [5.41, 5.74) is 1.86. The number of anilines is 1. The highest BCUT2D eigenvalue weighted by Gasteiger charge is 2.34. The summed E-state index contributed by atoms with van der Waals surface area (Å²) in [4.78, 5) is 48.7. The van der Waals surface area contributed by atoms with E-state index in [1.807, 2.05) is 0 Å². The van der Waals surface area contributed by atoms with Crippen molar-refractivity contribution < 1.29 is 19.2 Å². The largest absolute Gasteiger partial charge is 0.336 e. The number of carbonyl (C=O) groups excluding carboxylic acids is 4. The Bertz CT molecular complexity index is 855. The first-order valence-corrected chi connectivity index (χ1v) is 8.08. The van der Waals surface area contributed by atoms with Crippen LogP contribution in [0, 0.1) is 0 Å².